The van der Waals surface area contributed by atoms with Crippen molar-refractivity contribution >= 4 is 53.3 Å². The van der Waals surface area contributed by atoms with Gasteiger partial charge in [0.15, 0.2) is 11.5 Å². The average Bonchev–Trinajstić information content (AvgIpc) is 1.82. The average molecular weight is 1170 g/mol. The third-order valence-electron chi connectivity index (χ3n) is 17.2. The molecule has 22 heteroatoms. The summed E-state index contributed by atoms with van der Waals surface area (Å²) in [5, 5.41) is 17.7. The molecule has 1 aromatic carbocycles. The van der Waals surface area contributed by atoms with Gasteiger partial charge in [0, 0.05) is 102 Å². The van der Waals surface area contributed by atoms with Crippen molar-refractivity contribution in [2.45, 2.75) is 160 Å². The van der Waals surface area contributed by atoms with Crippen LogP contribution in [0.1, 0.15) is 110 Å². The number of ether oxygens (including phenoxy) is 7. The number of benzene rings is 1. The van der Waals surface area contributed by atoms with Gasteiger partial charge in [-0.3, -0.25) is 39.0 Å². The van der Waals surface area contributed by atoms with Crippen LogP contribution in [0, 0.1) is 24.7 Å². The highest BCUT2D eigenvalue weighted by Gasteiger charge is 2.66. The minimum absolute atomic E-state index is 0.0938. The molecule has 3 N–H and O–H groups in total. The van der Waals surface area contributed by atoms with E-state index in [1.165, 1.54) is 36.1 Å². The number of imide groups is 1. The number of alkyl carbamates (subject to hydrolysis) is 1. The number of ketones is 1. The molecule has 0 radical (unpaired) electrons. The number of methoxy groups -OCH3 is 2. The molecule has 6 rings (SSSR count). The van der Waals surface area contributed by atoms with Gasteiger partial charge in [-0.2, -0.15) is 0 Å². The van der Waals surface area contributed by atoms with Crippen molar-refractivity contribution in [2.24, 2.45) is 17.8 Å². The van der Waals surface area contributed by atoms with Crippen molar-refractivity contribution in [3.05, 3.63) is 83.6 Å². The summed E-state index contributed by atoms with van der Waals surface area (Å²) in [7, 11) is 7.74. The van der Waals surface area contributed by atoms with Crippen LogP contribution in [0.5, 0.6) is 5.75 Å². The monoisotopic (exact) mass is 1170 g/mol. The summed E-state index contributed by atoms with van der Waals surface area (Å²) in [6.45, 7) is 16.9. The Labute approximate surface area is 493 Å². The number of hydrogen-bond donors (Lipinski definition) is 3. The number of hydrogen-bond acceptors (Lipinski definition) is 17. The van der Waals surface area contributed by atoms with Gasteiger partial charge in [-0.15, -0.1) is 0 Å². The molecule has 1 aromatic rings. The molecule has 4 heterocycles. The minimum Gasteiger partial charge on any atom is -0.496 e. The van der Waals surface area contributed by atoms with Crippen LogP contribution in [0.25, 0.3) is 0 Å². The summed E-state index contributed by atoms with van der Waals surface area (Å²) in [5.41, 5.74) is -0.591. The van der Waals surface area contributed by atoms with E-state index in [9.17, 15) is 43.5 Å². The number of fused-ring (bicyclic) bond motifs is 5. The van der Waals surface area contributed by atoms with Gasteiger partial charge in [-0.25, -0.2) is 9.59 Å². The predicted molar refractivity (Wildman–Crippen MR) is 311 cm³/mol. The van der Waals surface area contributed by atoms with Crippen LogP contribution in [0.15, 0.2) is 72.5 Å². The Balaban J connectivity index is 1.04. The fraction of sp³-hybridized carbons (Fsp3) is 0.613. The second-order valence-corrected chi connectivity index (χ2v) is 23.4. The van der Waals surface area contributed by atoms with E-state index in [4.69, 9.17) is 33.2 Å². The van der Waals surface area contributed by atoms with Crippen LogP contribution >= 0.6 is 0 Å². The number of epoxide rings is 1. The molecule has 1 aliphatic carbocycles. The summed E-state index contributed by atoms with van der Waals surface area (Å²) < 4.78 is 41.6. The smallest absolute Gasteiger partial charge is 0.410 e. The first-order valence-corrected chi connectivity index (χ1v) is 29.0. The molecule has 2 saturated heterocycles. The molecule has 6 amide bonds. The SMILES string of the molecule is C=C(COC1CCCC/C=C/C1OC(=O)N(C)CCC(C)C(=O)OCCC(=O)N(C)[C@@H](C)C(=O)C[C@H]1CC(=O)N(C)c2cc(cc(OC)c2C)C/C(C)=C/C=C/C(OC)C2(O)C[C@](C)(OC(=O)N2)[C@@H](C)[C@@H]2O[C@@]12C)NCCN1C(=O)C=CC1=O. The van der Waals surface area contributed by atoms with Crippen molar-refractivity contribution in [1.29, 1.82) is 0 Å². The van der Waals surface area contributed by atoms with Crippen LogP contribution < -0.4 is 20.3 Å². The number of amides is 6. The molecule has 84 heavy (non-hydrogen) atoms. The topological polar surface area (TPSA) is 262 Å². The van der Waals surface area contributed by atoms with Crippen molar-refractivity contribution in [2.75, 3.05) is 73.1 Å². The largest absolute Gasteiger partial charge is 0.496 e. The third kappa shape index (κ3) is 16.5. The Bertz CT molecular complexity index is 2740. The van der Waals surface area contributed by atoms with Gasteiger partial charge in [0.1, 0.15) is 30.2 Å². The maximum absolute atomic E-state index is 14.6. The molecule has 5 unspecified atom stereocenters. The lowest BCUT2D eigenvalue weighted by molar-refractivity contribution is -0.173. The highest BCUT2D eigenvalue weighted by Crippen LogP contribution is 2.54. The van der Waals surface area contributed by atoms with Gasteiger partial charge < -0.3 is 58.3 Å². The number of allylic oxidation sites excluding steroid dienone is 4. The molecule has 2 fully saturated rings. The zero-order valence-electron chi connectivity index (χ0n) is 51.0. The lowest BCUT2D eigenvalue weighted by Crippen LogP contribution is -2.67. The van der Waals surface area contributed by atoms with E-state index >= 15 is 0 Å². The molecule has 22 nitrogen and oxygen atoms in total. The van der Waals surface area contributed by atoms with Gasteiger partial charge in [0.25, 0.3) is 11.8 Å². The number of rotatable bonds is 21. The molecule has 4 bridgehead atoms. The number of carbonyl (C=O) groups excluding carboxylic acids is 8. The first-order chi connectivity index (χ1) is 39.6. The molecule has 462 valence electrons. The highest BCUT2D eigenvalue weighted by molar-refractivity contribution is 6.12. The summed E-state index contributed by atoms with van der Waals surface area (Å²) >= 11 is 0. The number of esters is 1. The Morgan fingerprint density at radius 2 is 1.74 bits per heavy atom. The number of Topliss-reactive ketones (excluding diaryl/α,β-unsaturated/α-hetero) is 1. The van der Waals surface area contributed by atoms with E-state index < -0.39 is 89.2 Å². The third-order valence-corrected chi connectivity index (χ3v) is 17.2. The Morgan fingerprint density at radius 1 is 1.02 bits per heavy atom. The number of nitrogens with one attached hydrogen (secondary N) is 2. The van der Waals surface area contributed by atoms with Crippen LogP contribution in [0.2, 0.25) is 0 Å². The molecular weight excluding hydrogens is 1080 g/mol. The molecular formula is C62H88N6O16. The minimum atomic E-state index is -1.89. The second-order valence-electron chi connectivity index (χ2n) is 23.4. The Kier molecular flexibility index (Phi) is 22.7. The number of anilines is 1. The Hall–Kier alpha value is -6.88. The van der Waals surface area contributed by atoms with Gasteiger partial charge >= 0.3 is 18.2 Å². The first kappa shape index (κ1) is 66.3. The predicted octanol–water partition coefficient (Wildman–Crippen LogP) is 6.16. The van der Waals surface area contributed by atoms with E-state index in [1.807, 2.05) is 58.1 Å². The molecule has 4 aliphatic heterocycles. The summed E-state index contributed by atoms with van der Waals surface area (Å²) in [4.78, 5) is 112. The highest BCUT2D eigenvalue weighted by atomic mass is 16.6. The van der Waals surface area contributed by atoms with Crippen LogP contribution in [-0.2, 0) is 63.6 Å². The number of carbonyl (C=O) groups is 8. The number of aliphatic hydroxyl groups is 1. The fourth-order valence-electron chi connectivity index (χ4n) is 11.3. The Morgan fingerprint density at radius 3 is 2.43 bits per heavy atom. The van der Waals surface area contributed by atoms with E-state index in [1.54, 1.807) is 59.0 Å². The molecule has 0 aromatic heterocycles. The van der Waals surface area contributed by atoms with Crippen LogP contribution in [0.4, 0.5) is 15.3 Å². The van der Waals surface area contributed by atoms with E-state index in [0.717, 1.165) is 40.9 Å². The quantitative estimate of drug-likeness (QED) is 0.0409. The zero-order valence-corrected chi connectivity index (χ0v) is 51.0. The summed E-state index contributed by atoms with van der Waals surface area (Å²) in [6, 6.07) is 2.88. The normalized spacial score (nSPS) is 29.3. The van der Waals surface area contributed by atoms with Gasteiger partial charge in [0.05, 0.1) is 55.6 Å². The van der Waals surface area contributed by atoms with Gasteiger partial charge in [-0.05, 0) is 90.5 Å². The maximum atomic E-state index is 14.6. The van der Waals surface area contributed by atoms with Gasteiger partial charge in [0.2, 0.25) is 11.8 Å². The first-order valence-electron chi connectivity index (χ1n) is 29.0. The molecule has 5 aliphatic rings. The lowest BCUT2D eigenvalue weighted by atomic mass is 9.73. The zero-order chi connectivity index (χ0) is 61.8. The van der Waals surface area contributed by atoms with E-state index in [-0.39, 0.29) is 81.9 Å². The van der Waals surface area contributed by atoms with Gasteiger partial charge in [-0.1, -0.05) is 56.7 Å². The number of likely N-dealkylation sites (N-methyl/N-ethyl adjacent to an activating group) is 1. The van der Waals surface area contributed by atoms with Crippen molar-refractivity contribution in [1.82, 2.24) is 25.3 Å². The van der Waals surface area contributed by atoms with E-state index in [2.05, 4.69) is 17.2 Å². The van der Waals surface area contributed by atoms with Crippen molar-refractivity contribution in [3.63, 3.8) is 0 Å². The molecule has 0 saturated carbocycles. The van der Waals surface area contributed by atoms with Crippen molar-refractivity contribution < 1.29 is 76.6 Å². The number of nitrogens with zero attached hydrogens (tertiary/aromatic N) is 4. The van der Waals surface area contributed by atoms with Crippen LogP contribution in [-0.4, -0.2) is 183 Å². The second kappa shape index (κ2) is 28.8. The standard InChI is InChI=1S/C62H88N6O16/c1-38-19-18-22-51(79-13)62(77)37-60(7,84-58(75)64-62)42(5)56-61(8,83-56)45(35-55(73)67(11)46-32-44(31-38)33-50(78-12)41(46)4)34-47(69)43(6)66(10)52(70)26-30-80-57(74)39(2)25-28-65(9)59(76)82-49-21-17-15-14-16-20-48(49)81-36-40(3)63-27-29-68-53(71)23-24-54(68)72/h17-19,21-24,32-33,39,42-43,45,48-49,51,56,63,77H,3,14-16,20,25-31,34-37H2,1-2,4-13H3,(H,64,75)/b21-17+,22-18+,38-19+/t39?,42-,43-,45-,48?,49?,51?,56-,60-,61-,62?/m0/s1. The molecule has 0 spiro atoms. The summed E-state index contributed by atoms with van der Waals surface area (Å²) in [5.74, 6) is -3.79. The molecule has 11 atom stereocenters. The lowest BCUT2D eigenvalue weighted by Gasteiger charge is -2.47. The van der Waals surface area contributed by atoms with E-state index in [0.29, 0.717) is 36.5 Å². The maximum Gasteiger partial charge on any atom is 0.410 e. The summed E-state index contributed by atoms with van der Waals surface area (Å²) in [6.07, 6.45) is 10.6. The van der Waals surface area contributed by atoms with Crippen molar-refractivity contribution in [3.8, 4) is 5.75 Å². The van der Waals surface area contributed by atoms with Crippen LogP contribution in [0.3, 0.4) is 0 Å². The fourth-order valence-corrected chi connectivity index (χ4v) is 11.3.